The molecule has 1 aliphatic carbocycles. The quantitative estimate of drug-likeness (QED) is 0.416. The molecule has 4 N–H and O–H groups in total. The second-order valence-corrected chi connectivity index (χ2v) is 8.73. The van der Waals surface area contributed by atoms with Gasteiger partial charge in [-0.1, -0.05) is 24.3 Å². The van der Waals surface area contributed by atoms with Gasteiger partial charge in [-0.15, -0.1) is 0 Å². The number of benzene rings is 1. The van der Waals surface area contributed by atoms with E-state index in [1.807, 2.05) is 12.1 Å². The topological polar surface area (TPSA) is 135 Å². The van der Waals surface area contributed by atoms with Gasteiger partial charge < -0.3 is 30.1 Å². The summed E-state index contributed by atoms with van der Waals surface area (Å²) in [6.45, 7) is 2.26. The number of fused-ring (bicyclic) bond motifs is 1. The van der Waals surface area contributed by atoms with Crippen molar-refractivity contribution in [2.75, 3.05) is 11.9 Å². The Morgan fingerprint density at radius 2 is 2.00 bits per heavy atom. The third kappa shape index (κ3) is 4.20. The van der Waals surface area contributed by atoms with Crippen LogP contribution in [0.5, 0.6) is 0 Å². The van der Waals surface area contributed by atoms with Crippen LogP contribution >= 0.6 is 0 Å². The molecule has 2 fully saturated rings. The second kappa shape index (κ2) is 9.32. The second-order valence-electron chi connectivity index (χ2n) is 8.73. The maximum absolute atomic E-state index is 10.4. The van der Waals surface area contributed by atoms with E-state index >= 15 is 0 Å². The molecule has 10 heteroatoms. The number of hydrogen-bond donors (Lipinski definition) is 4. The Morgan fingerprint density at radius 1 is 1.15 bits per heavy atom. The third-order valence-electron chi connectivity index (χ3n) is 6.64. The first-order valence-electron chi connectivity index (χ1n) is 11.3. The van der Waals surface area contributed by atoms with Gasteiger partial charge in [-0.2, -0.15) is 0 Å². The number of ether oxygens (including phenoxy) is 2. The predicted octanol–water partition coefficient (Wildman–Crippen LogP) is 1.30. The summed E-state index contributed by atoms with van der Waals surface area (Å²) in [4.78, 5) is 13.2. The summed E-state index contributed by atoms with van der Waals surface area (Å²) in [5, 5.41) is 33.3. The number of aliphatic hydroxyl groups is 3. The minimum atomic E-state index is -1.21. The first kappa shape index (κ1) is 22.2. The zero-order chi connectivity index (χ0) is 22.9. The van der Waals surface area contributed by atoms with Crippen molar-refractivity contribution in [3.63, 3.8) is 0 Å². The standard InChI is InChI=1S/C23H29N5O5/c1-13-5-2-3-6-14(13)10-32-16-8-4-7-15(16)27-21-18-22(25-11-24-21)28(12-26-18)23-20(31)19(30)17(9-29)33-23/h2-3,5-6,11-12,15-17,19-20,23,29-31H,4,7-10H2,1H3,(H,24,25,27)/t15-,16?,17-,19-,20-,23?/m1/s1. The Morgan fingerprint density at radius 3 is 2.79 bits per heavy atom. The number of nitrogens with one attached hydrogen (secondary N) is 1. The molecule has 0 bridgehead atoms. The lowest BCUT2D eigenvalue weighted by Crippen LogP contribution is -2.33. The predicted molar refractivity (Wildman–Crippen MR) is 119 cm³/mol. The van der Waals surface area contributed by atoms with Gasteiger partial charge in [0.25, 0.3) is 0 Å². The Labute approximate surface area is 191 Å². The Balaban J connectivity index is 1.33. The number of aryl methyl sites for hydroxylation is 1. The van der Waals surface area contributed by atoms with Crippen LogP contribution in [0.1, 0.15) is 36.6 Å². The highest BCUT2D eigenvalue weighted by Crippen LogP contribution is 2.33. The van der Waals surface area contributed by atoms with Crippen LogP contribution in [-0.2, 0) is 16.1 Å². The number of aliphatic hydroxyl groups excluding tert-OH is 3. The number of rotatable bonds is 7. The van der Waals surface area contributed by atoms with Gasteiger partial charge in [-0.3, -0.25) is 4.57 Å². The van der Waals surface area contributed by atoms with Crippen molar-refractivity contribution < 1.29 is 24.8 Å². The molecule has 1 saturated carbocycles. The van der Waals surface area contributed by atoms with Crippen LogP contribution in [-0.4, -0.2) is 71.9 Å². The molecule has 2 aromatic heterocycles. The number of imidazole rings is 1. The molecule has 1 aliphatic heterocycles. The number of hydrogen-bond acceptors (Lipinski definition) is 9. The van der Waals surface area contributed by atoms with Gasteiger partial charge in [0.2, 0.25) is 0 Å². The minimum absolute atomic E-state index is 0.0529. The highest BCUT2D eigenvalue weighted by molar-refractivity contribution is 5.82. The average Bonchev–Trinajstić information content (AvgIpc) is 3.52. The summed E-state index contributed by atoms with van der Waals surface area (Å²) >= 11 is 0. The maximum atomic E-state index is 10.4. The Kier molecular flexibility index (Phi) is 6.26. The molecular formula is C23H29N5O5. The summed E-state index contributed by atoms with van der Waals surface area (Å²) in [7, 11) is 0. The lowest BCUT2D eigenvalue weighted by atomic mass is 10.1. The van der Waals surface area contributed by atoms with E-state index in [2.05, 4.69) is 39.3 Å². The van der Waals surface area contributed by atoms with Gasteiger partial charge in [0.15, 0.2) is 23.2 Å². The van der Waals surface area contributed by atoms with E-state index in [9.17, 15) is 15.3 Å². The monoisotopic (exact) mass is 455 g/mol. The molecule has 1 saturated heterocycles. The molecule has 2 unspecified atom stereocenters. The molecule has 3 aromatic rings. The van der Waals surface area contributed by atoms with Crippen molar-refractivity contribution in [3.8, 4) is 0 Å². The molecule has 0 radical (unpaired) electrons. The molecule has 33 heavy (non-hydrogen) atoms. The molecule has 176 valence electrons. The lowest BCUT2D eigenvalue weighted by molar-refractivity contribution is -0.0511. The molecular weight excluding hydrogens is 426 g/mol. The fraction of sp³-hybridized carbons (Fsp3) is 0.522. The van der Waals surface area contributed by atoms with Crippen molar-refractivity contribution in [1.29, 1.82) is 0 Å². The molecule has 3 heterocycles. The lowest BCUT2D eigenvalue weighted by Gasteiger charge is -2.22. The van der Waals surface area contributed by atoms with Crippen molar-refractivity contribution in [2.24, 2.45) is 0 Å². The Bertz CT molecular complexity index is 1110. The van der Waals surface area contributed by atoms with Gasteiger partial charge >= 0.3 is 0 Å². The van der Waals surface area contributed by atoms with Gasteiger partial charge in [0, 0.05) is 0 Å². The van der Waals surface area contributed by atoms with E-state index < -0.39 is 31.1 Å². The van der Waals surface area contributed by atoms with Gasteiger partial charge in [-0.25, -0.2) is 15.0 Å². The van der Waals surface area contributed by atoms with E-state index in [1.165, 1.54) is 23.8 Å². The fourth-order valence-corrected chi connectivity index (χ4v) is 4.69. The zero-order valence-corrected chi connectivity index (χ0v) is 18.4. The van der Waals surface area contributed by atoms with E-state index in [1.54, 1.807) is 4.57 Å². The van der Waals surface area contributed by atoms with E-state index in [0.29, 0.717) is 23.6 Å². The highest BCUT2D eigenvalue weighted by Gasteiger charge is 2.44. The van der Waals surface area contributed by atoms with E-state index in [-0.39, 0.29) is 12.1 Å². The van der Waals surface area contributed by atoms with Gasteiger partial charge in [0.1, 0.15) is 24.6 Å². The number of aromatic nitrogens is 4. The highest BCUT2D eigenvalue weighted by atomic mass is 16.6. The first-order valence-corrected chi connectivity index (χ1v) is 11.3. The molecule has 2 aliphatic rings. The largest absolute Gasteiger partial charge is 0.394 e. The molecule has 6 atom stereocenters. The van der Waals surface area contributed by atoms with Crippen LogP contribution in [0.4, 0.5) is 5.82 Å². The molecule has 0 amide bonds. The van der Waals surface area contributed by atoms with Gasteiger partial charge in [0.05, 0.1) is 31.7 Å². The zero-order valence-electron chi connectivity index (χ0n) is 18.4. The Hall–Kier alpha value is -2.63. The van der Waals surface area contributed by atoms with Crippen molar-refractivity contribution in [3.05, 3.63) is 48.0 Å². The third-order valence-corrected chi connectivity index (χ3v) is 6.64. The minimum Gasteiger partial charge on any atom is -0.394 e. The van der Waals surface area contributed by atoms with Crippen LogP contribution < -0.4 is 5.32 Å². The van der Waals surface area contributed by atoms with Crippen molar-refractivity contribution in [2.45, 2.75) is 69.5 Å². The van der Waals surface area contributed by atoms with Crippen molar-refractivity contribution >= 4 is 17.0 Å². The summed E-state index contributed by atoms with van der Waals surface area (Å²) in [6, 6.07) is 8.32. The summed E-state index contributed by atoms with van der Waals surface area (Å²) in [6.07, 6.45) is 1.80. The molecule has 10 nitrogen and oxygen atoms in total. The number of nitrogens with zero attached hydrogens (tertiary/aromatic N) is 4. The van der Waals surface area contributed by atoms with Crippen LogP contribution in [0.2, 0.25) is 0 Å². The molecule has 5 rings (SSSR count). The maximum Gasteiger partial charge on any atom is 0.167 e. The van der Waals surface area contributed by atoms with E-state index in [0.717, 1.165) is 19.3 Å². The average molecular weight is 456 g/mol. The van der Waals surface area contributed by atoms with E-state index in [4.69, 9.17) is 9.47 Å². The van der Waals surface area contributed by atoms with Crippen LogP contribution in [0.15, 0.2) is 36.9 Å². The fourth-order valence-electron chi connectivity index (χ4n) is 4.69. The molecule has 0 spiro atoms. The summed E-state index contributed by atoms with van der Waals surface area (Å²) in [5.74, 6) is 0.585. The van der Waals surface area contributed by atoms with Crippen LogP contribution in [0.25, 0.3) is 11.2 Å². The SMILES string of the molecule is Cc1ccccc1COC1CCC[C@H]1Nc1ncnc2c1ncn2C1O[C@H](CO)[C@@H](O)[C@H]1O. The summed E-state index contributed by atoms with van der Waals surface area (Å²) < 4.78 is 13.5. The number of anilines is 1. The first-order chi connectivity index (χ1) is 16.1. The molecule has 1 aromatic carbocycles. The summed E-state index contributed by atoms with van der Waals surface area (Å²) in [5.41, 5.74) is 3.41. The smallest absolute Gasteiger partial charge is 0.167 e. The van der Waals surface area contributed by atoms with Crippen LogP contribution in [0.3, 0.4) is 0 Å². The van der Waals surface area contributed by atoms with Crippen LogP contribution in [0, 0.1) is 6.92 Å². The van der Waals surface area contributed by atoms with Crippen molar-refractivity contribution in [1.82, 2.24) is 19.5 Å². The van der Waals surface area contributed by atoms with Gasteiger partial charge in [-0.05, 0) is 37.3 Å². The normalized spacial score (nSPS) is 29.7.